The molecule has 7 nitrogen and oxygen atoms in total. The van der Waals surface area contributed by atoms with Gasteiger partial charge in [0.15, 0.2) is 9.84 Å². The summed E-state index contributed by atoms with van der Waals surface area (Å²) in [6, 6.07) is 7.27. The largest absolute Gasteiger partial charge is 0.348 e. The molecule has 2 atom stereocenters. The fraction of sp³-hybridized carbons (Fsp3) is 0.440. The van der Waals surface area contributed by atoms with Gasteiger partial charge in [-0.1, -0.05) is 32.4 Å². The smallest absolute Gasteiger partial charge is 0.255 e. The number of hydrogen-bond acceptors (Lipinski definition) is 5. The van der Waals surface area contributed by atoms with E-state index in [1.165, 1.54) is 12.1 Å². The fourth-order valence-corrected chi connectivity index (χ4v) is 7.44. The van der Waals surface area contributed by atoms with E-state index in [2.05, 4.69) is 9.88 Å². The molecule has 2 saturated heterocycles. The lowest BCUT2D eigenvalue weighted by atomic mass is 10.0. The zero-order valence-electron chi connectivity index (χ0n) is 19.9. The van der Waals surface area contributed by atoms with Gasteiger partial charge in [-0.15, -0.1) is 0 Å². The number of sulfone groups is 1. The number of nitrogens with zero attached hydrogens (tertiary/aromatic N) is 4. The topological polar surface area (TPSA) is 75.0 Å². The lowest BCUT2D eigenvalue weighted by Crippen LogP contribution is -2.56. The molecule has 0 aliphatic carbocycles. The number of halogens is 2. The van der Waals surface area contributed by atoms with Crippen molar-refractivity contribution in [3.63, 3.8) is 0 Å². The number of likely N-dealkylation sites (tertiary alicyclic amines) is 1. The van der Waals surface area contributed by atoms with Gasteiger partial charge in [0.25, 0.3) is 5.91 Å². The number of imidazole rings is 1. The summed E-state index contributed by atoms with van der Waals surface area (Å²) in [7, 11) is -3.51. The number of aromatic nitrogens is 2. The van der Waals surface area contributed by atoms with E-state index in [9.17, 15) is 17.6 Å². The number of piperazine rings is 1. The van der Waals surface area contributed by atoms with Crippen LogP contribution in [0, 0.1) is 11.2 Å². The fourth-order valence-electron chi connectivity index (χ4n) is 5.30. The van der Waals surface area contributed by atoms with Crippen LogP contribution in [0.15, 0.2) is 47.8 Å². The van der Waals surface area contributed by atoms with Crippen molar-refractivity contribution in [2.45, 2.75) is 50.6 Å². The first-order chi connectivity index (χ1) is 16.4. The molecule has 4 heterocycles. The molecule has 0 saturated carbocycles. The second-order valence-electron chi connectivity index (χ2n) is 10.7. The number of carbonyl (C=O) groups is 1. The number of benzene rings is 1. The van der Waals surface area contributed by atoms with Crippen LogP contribution in [0.4, 0.5) is 10.2 Å². The maximum atomic E-state index is 13.5. The van der Waals surface area contributed by atoms with E-state index in [1.807, 2.05) is 25.2 Å². The molecule has 0 radical (unpaired) electrons. The van der Waals surface area contributed by atoms with Crippen molar-refractivity contribution in [2.24, 2.45) is 5.41 Å². The zero-order valence-corrected chi connectivity index (χ0v) is 21.5. The molecule has 3 aromatic rings. The van der Waals surface area contributed by atoms with E-state index in [0.717, 1.165) is 24.7 Å². The molecule has 0 spiro atoms. The highest BCUT2D eigenvalue weighted by molar-refractivity contribution is 7.91. The van der Waals surface area contributed by atoms with Gasteiger partial charge < -0.3 is 9.80 Å². The minimum atomic E-state index is -3.51. The van der Waals surface area contributed by atoms with Crippen LogP contribution >= 0.6 is 11.6 Å². The van der Waals surface area contributed by atoms with Crippen LogP contribution in [0.1, 0.15) is 44.0 Å². The van der Waals surface area contributed by atoms with Crippen molar-refractivity contribution < 1.29 is 17.6 Å². The summed E-state index contributed by atoms with van der Waals surface area (Å²) in [5.74, 6) is 0.104. The Balaban J connectivity index is 1.48. The Morgan fingerprint density at radius 3 is 2.46 bits per heavy atom. The Morgan fingerprint density at radius 2 is 1.83 bits per heavy atom. The summed E-state index contributed by atoms with van der Waals surface area (Å²) in [5.41, 5.74) is 0.622. The normalized spacial score (nSPS) is 20.6. The van der Waals surface area contributed by atoms with Gasteiger partial charge in [0.2, 0.25) is 0 Å². The van der Waals surface area contributed by atoms with E-state index in [-0.39, 0.29) is 44.6 Å². The zero-order chi connectivity index (χ0) is 25.1. The Bertz CT molecular complexity index is 1400. The quantitative estimate of drug-likeness (QED) is 0.510. The number of carbonyl (C=O) groups excluding carboxylic acids is 1. The molecular weight excluding hydrogens is 491 g/mol. The number of fused-ring (bicyclic) bond motifs is 3. The van der Waals surface area contributed by atoms with Crippen molar-refractivity contribution in [1.29, 1.82) is 0 Å². The molecule has 2 aliphatic rings. The molecule has 186 valence electrons. The van der Waals surface area contributed by atoms with E-state index >= 15 is 0 Å². The number of hydrogen-bond donors (Lipinski definition) is 0. The van der Waals surface area contributed by atoms with Gasteiger partial charge >= 0.3 is 0 Å². The average Bonchev–Trinajstić information content (AvgIpc) is 3.32. The molecule has 2 fully saturated rings. The summed E-state index contributed by atoms with van der Waals surface area (Å²) < 4.78 is 41.9. The van der Waals surface area contributed by atoms with Crippen LogP contribution in [0.5, 0.6) is 0 Å². The standard InChI is InChI=1S/C25H28ClFN4O3S/c1-25(2,3)14-35(33,34)20-9-19-11-28-15-30(19)23(10-20)31-17-5-6-18(31)13-29(12-17)24(32)21-7-4-16(27)8-22(21)26/h4,7-11,15,17-18H,5-6,12-14H2,1-3H3/t17-,18+. The number of amides is 1. The first-order valence-electron chi connectivity index (χ1n) is 11.6. The first kappa shape index (κ1) is 24.1. The predicted molar refractivity (Wildman–Crippen MR) is 133 cm³/mol. The van der Waals surface area contributed by atoms with Gasteiger partial charge in [-0.3, -0.25) is 9.20 Å². The van der Waals surface area contributed by atoms with E-state index in [1.54, 1.807) is 29.6 Å². The second kappa shape index (κ2) is 8.48. The van der Waals surface area contributed by atoms with Gasteiger partial charge in [-0.05, 0) is 48.6 Å². The summed E-state index contributed by atoms with van der Waals surface area (Å²) in [4.78, 5) is 21.7. The van der Waals surface area contributed by atoms with Gasteiger partial charge in [0.05, 0.1) is 32.9 Å². The van der Waals surface area contributed by atoms with Crippen LogP contribution in [0.25, 0.3) is 5.52 Å². The highest BCUT2D eigenvalue weighted by atomic mass is 35.5. The summed E-state index contributed by atoms with van der Waals surface area (Å²) >= 11 is 6.15. The predicted octanol–water partition coefficient (Wildman–Crippen LogP) is 4.44. The third kappa shape index (κ3) is 4.51. The van der Waals surface area contributed by atoms with Gasteiger partial charge in [-0.2, -0.15) is 0 Å². The highest BCUT2D eigenvalue weighted by Crippen LogP contribution is 2.37. The first-order valence-corrected chi connectivity index (χ1v) is 13.7. The molecule has 2 aromatic heterocycles. The van der Waals surface area contributed by atoms with Crippen molar-refractivity contribution in [2.75, 3.05) is 23.7 Å². The average molecular weight is 519 g/mol. The third-order valence-electron chi connectivity index (χ3n) is 6.65. The van der Waals surface area contributed by atoms with Gasteiger partial charge in [0, 0.05) is 25.2 Å². The lowest BCUT2D eigenvalue weighted by molar-refractivity contribution is 0.0717. The molecule has 35 heavy (non-hydrogen) atoms. The molecular formula is C25H28ClFN4O3S. The number of rotatable bonds is 4. The molecule has 0 N–H and O–H groups in total. The number of anilines is 1. The van der Waals surface area contributed by atoms with Crippen molar-refractivity contribution >= 4 is 38.7 Å². The van der Waals surface area contributed by atoms with Crippen molar-refractivity contribution in [1.82, 2.24) is 14.3 Å². The second-order valence-corrected chi connectivity index (χ2v) is 13.1. The van der Waals surface area contributed by atoms with Crippen LogP contribution < -0.4 is 4.90 Å². The highest BCUT2D eigenvalue weighted by Gasteiger charge is 2.43. The Labute approximate surface area is 209 Å². The molecule has 10 heteroatoms. The van der Waals surface area contributed by atoms with Gasteiger partial charge in [-0.25, -0.2) is 17.8 Å². The molecule has 1 amide bonds. The lowest BCUT2D eigenvalue weighted by Gasteiger charge is -2.42. The van der Waals surface area contributed by atoms with Crippen LogP contribution in [-0.4, -0.2) is 59.5 Å². The van der Waals surface area contributed by atoms with E-state index in [0.29, 0.717) is 18.6 Å². The Kier molecular flexibility index (Phi) is 5.83. The molecule has 2 bridgehead atoms. The molecule has 0 unspecified atom stereocenters. The van der Waals surface area contributed by atoms with Gasteiger partial charge in [0.1, 0.15) is 18.0 Å². The minimum Gasteiger partial charge on any atom is -0.348 e. The van der Waals surface area contributed by atoms with Crippen molar-refractivity contribution in [3.05, 3.63) is 59.3 Å². The third-order valence-corrected chi connectivity index (χ3v) is 9.17. The Morgan fingerprint density at radius 1 is 1.14 bits per heavy atom. The molecule has 2 aliphatic heterocycles. The van der Waals surface area contributed by atoms with E-state index in [4.69, 9.17) is 11.6 Å². The summed E-state index contributed by atoms with van der Waals surface area (Å²) in [6.07, 6.45) is 5.11. The SMILES string of the molecule is CC(C)(C)CS(=O)(=O)c1cc(N2[C@@H]3CC[C@H]2CN(C(=O)c2ccc(F)cc2Cl)C3)n2cncc2c1. The molecule has 5 rings (SSSR count). The monoisotopic (exact) mass is 518 g/mol. The Hall–Kier alpha value is -2.65. The minimum absolute atomic E-state index is 0.0168. The maximum Gasteiger partial charge on any atom is 0.255 e. The summed E-state index contributed by atoms with van der Waals surface area (Å²) in [6.45, 7) is 6.67. The van der Waals surface area contributed by atoms with Crippen molar-refractivity contribution in [3.8, 4) is 0 Å². The van der Waals surface area contributed by atoms with E-state index < -0.39 is 15.7 Å². The van der Waals surface area contributed by atoms with Crippen LogP contribution in [0.3, 0.4) is 0 Å². The van der Waals surface area contributed by atoms with Crippen LogP contribution in [-0.2, 0) is 9.84 Å². The maximum absolute atomic E-state index is 13.5. The number of pyridine rings is 1. The van der Waals surface area contributed by atoms with Crippen LogP contribution in [0.2, 0.25) is 5.02 Å². The molecule has 1 aromatic carbocycles. The summed E-state index contributed by atoms with van der Waals surface area (Å²) in [5, 5.41) is 0.0988.